The Kier molecular flexibility index (Phi) is 5.55. The minimum Gasteiger partial charge on any atom is -0.455 e. The number of amides is 1. The van der Waals surface area contributed by atoms with Gasteiger partial charge in [0.2, 0.25) is 10.0 Å². The molecule has 4 aromatic rings. The zero-order valence-corrected chi connectivity index (χ0v) is 19.9. The average molecular weight is 482 g/mol. The molecule has 170 valence electrons. The normalized spacial score (nSPS) is 14.7. The quantitative estimate of drug-likeness (QED) is 0.388. The van der Waals surface area contributed by atoms with E-state index in [-0.39, 0.29) is 16.4 Å². The summed E-state index contributed by atoms with van der Waals surface area (Å²) >= 11 is 1.39. The lowest BCUT2D eigenvalue weighted by atomic mass is 10.2. The molecule has 9 heteroatoms. The van der Waals surface area contributed by atoms with Gasteiger partial charge in [0.1, 0.15) is 10.7 Å². The van der Waals surface area contributed by atoms with Gasteiger partial charge in [-0.2, -0.15) is 4.31 Å². The maximum absolute atomic E-state index is 13.8. The van der Waals surface area contributed by atoms with Gasteiger partial charge in [0, 0.05) is 19.2 Å². The third kappa shape index (κ3) is 3.86. The van der Waals surface area contributed by atoms with Crippen LogP contribution in [0.2, 0.25) is 0 Å². The Labute approximate surface area is 196 Å². The fourth-order valence-corrected chi connectivity index (χ4v) is 6.73. The maximum Gasteiger partial charge on any atom is 0.300 e. The molecule has 0 bridgehead atoms. The van der Waals surface area contributed by atoms with E-state index in [0.717, 1.165) is 28.6 Å². The summed E-state index contributed by atoms with van der Waals surface area (Å²) in [5.41, 5.74) is 2.34. The molecule has 2 aromatic heterocycles. The van der Waals surface area contributed by atoms with Crippen LogP contribution in [-0.4, -0.2) is 36.7 Å². The van der Waals surface area contributed by atoms with Crippen molar-refractivity contribution in [2.75, 3.05) is 18.0 Å². The Hall–Kier alpha value is -3.01. The van der Waals surface area contributed by atoms with E-state index < -0.39 is 15.9 Å². The molecule has 0 aliphatic carbocycles. The monoisotopic (exact) mass is 481 g/mol. The number of aryl methyl sites for hydroxylation is 2. The van der Waals surface area contributed by atoms with Crippen LogP contribution in [0, 0.1) is 13.8 Å². The van der Waals surface area contributed by atoms with Gasteiger partial charge in [-0.3, -0.25) is 4.79 Å². The summed E-state index contributed by atoms with van der Waals surface area (Å²) in [6.45, 7) is 4.46. The van der Waals surface area contributed by atoms with Gasteiger partial charge >= 0.3 is 0 Å². The Morgan fingerprint density at radius 2 is 1.76 bits per heavy atom. The molecular weight excluding hydrogens is 458 g/mol. The number of carbonyl (C=O) groups excluding carboxylic acids is 1. The number of thiazole rings is 1. The number of furan rings is 1. The molecule has 1 aliphatic heterocycles. The van der Waals surface area contributed by atoms with E-state index in [1.165, 1.54) is 26.6 Å². The number of hydrogen-bond acceptors (Lipinski definition) is 6. The molecular formula is C24H23N3O4S2. The van der Waals surface area contributed by atoms with E-state index >= 15 is 0 Å². The van der Waals surface area contributed by atoms with Crippen LogP contribution in [0.1, 0.15) is 34.7 Å². The second-order valence-corrected chi connectivity index (χ2v) is 10.9. The first kappa shape index (κ1) is 21.8. The van der Waals surface area contributed by atoms with Crippen LogP contribution in [0.4, 0.5) is 10.8 Å². The van der Waals surface area contributed by atoms with Crippen LogP contribution < -0.4 is 4.90 Å². The van der Waals surface area contributed by atoms with Crippen LogP contribution in [0.15, 0.2) is 63.9 Å². The Morgan fingerprint density at radius 3 is 2.48 bits per heavy atom. The first-order chi connectivity index (χ1) is 15.9. The summed E-state index contributed by atoms with van der Waals surface area (Å²) in [6, 6.07) is 16.5. The first-order valence-electron chi connectivity index (χ1n) is 10.7. The van der Waals surface area contributed by atoms with Gasteiger partial charge in [-0.05, 0) is 50.5 Å². The van der Waals surface area contributed by atoms with Crippen molar-refractivity contribution in [3.63, 3.8) is 0 Å². The van der Waals surface area contributed by atoms with Gasteiger partial charge < -0.3 is 4.42 Å². The molecule has 33 heavy (non-hydrogen) atoms. The highest BCUT2D eigenvalue weighted by Gasteiger charge is 2.34. The van der Waals surface area contributed by atoms with Crippen molar-refractivity contribution in [2.45, 2.75) is 31.6 Å². The predicted octanol–water partition coefficient (Wildman–Crippen LogP) is 5.27. The lowest BCUT2D eigenvalue weighted by molar-refractivity contribution is 0.0971. The number of nitrogens with zero attached hydrogens (tertiary/aromatic N) is 3. The number of para-hydroxylation sites is 2. The number of aromatic nitrogens is 1. The van der Waals surface area contributed by atoms with E-state index in [4.69, 9.17) is 4.42 Å². The summed E-state index contributed by atoms with van der Waals surface area (Å²) in [4.78, 5) is 20.0. The van der Waals surface area contributed by atoms with Gasteiger partial charge in [-0.1, -0.05) is 41.7 Å². The molecule has 3 heterocycles. The molecule has 0 unspecified atom stereocenters. The SMILES string of the molecule is Cc1ccccc1N(C(=O)c1cc(S(=O)(=O)N2CCCC2)c(C)o1)c1nc2ccccc2s1. The van der Waals surface area contributed by atoms with Crippen molar-refractivity contribution in [3.8, 4) is 0 Å². The van der Waals surface area contributed by atoms with Crippen molar-refractivity contribution in [2.24, 2.45) is 0 Å². The predicted molar refractivity (Wildman–Crippen MR) is 129 cm³/mol. The minimum atomic E-state index is -3.71. The second-order valence-electron chi connectivity index (χ2n) is 8.03. The summed E-state index contributed by atoms with van der Waals surface area (Å²) in [5, 5.41) is 0.494. The molecule has 0 spiro atoms. The number of benzene rings is 2. The fourth-order valence-electron chi connectivity index (χ4n) is 4.07. The highest BCUT2D eigenvalue weighted by atomic mass is 32.2. The largest absolute Gasteiger partial charge is 0.455 e. The van der Waals surface area contributed by atoms with E-state index in [1.807, 2.05) is 55.5 Å². The van der Waals surface area contributed by atoms with Crippen LogP contribution in [0.25, 0.3) is 10.2 Å². The standard InChI is InChI=1S/C24H23N3O4S2/c1-16-9-3-5-11-19(16)27(24-25-18-10-4-6-12-21(18)32-24)23(28)20-15-22(17(2)31-20)33(29,30)26-13-7-8-14-26/h3-6,9-12,15H,7-8,13-14H2,1-2H3. The molecule has 0 atom stereocenters. The van der Waals surface area contributed by atoms with E-state index in [1.54, 1.807) is 6.92 Å². The fraction of sp³-hybridized carbons (Fsp3) is 0.250. The lowest BCUT2D eigenvalue weighted by Crippen LogP contribution is -2.28. The molecule has 1 amide bonds. The van der Waals surface area contributed by atoms with Crippen molar-refractivity contribution in [1.82, 2.24) is 9.29 Å². The molecule has 0 N–H and O–H groups in total. The molecule has 0 radical (unpaired) electrons. The Morgan fingerprint density at radius 1 is 1.06 bits per heavy atom. The van der Waals surface area contributed by atoms with E-state index in [0.29, 0.717) is 23.9 Å². The highest BCUT2D eigenvalue weighted by molar-refractivity contribution is 7.89. The highest BCUT2D eigenvalue weighted by Crippen LogP contribution is 2.37. The van der Waals surface area contributed by atoms with Crippen LogP contribution in [0.5, 0.6) is 0 Å². The molecule has 5 rings (SSSR count). The molecule has 2 aromatic carbocycles. The molecule has 1 aliphatic rings. The topological polar surface area (TPSA) is 83.7 Å². The third-order valence-electron chi connectivity index (χ3n) is 5.80. The van der Waals surface area contributed by atoms with Crippen molar-refractivity contribution in [1.29, 1.82) is 0 Å². The number of sulfonamides is 1. The number of rotatable bonds is 5. The second kappa shape index (κ2) is 8.40. The molecule has 7 nitrogen and oxygen atoms in total. The number of fused-ring (bicyclic) bond motifs is 1. The zero-order valence-electron chi connectivity index (χ0n) is 18.3. The van der Waals surface area contributed by atoms with Crippen LogP contribution in [0.3, 0.4) is 0 Å². The minimum absolute atomic E-state index is 0.0345. The Balaban J connectivity index is 1.60. The van der Waals surface area contributed by atoms with Crippen LogP contribution >= 0.6 is 11.3 Å². The molecule has 1 saturated heterocycles. The van der Waals surface area contributed by atoms with E-state index in [2.05, 4.69) is 4.98 Å². The van der Waals surface area contributed by atoms with Gasteiger partial charge in [0.25, 0.3) is 5.91 Å². The summed E-state index contributed by atoms with van der Waals surface area (Å²) in [6.07, 6.45) is 1.67. The average Bonchev–Trinajstić information content (AvgIpc) is 3.55. The van der Waals surface area contributed by atoms with Gasteiger partial charge in [0.15, 0.2) is 10.9 Å². The van der Waals surface area contributed by atoms with Crippen molar-refractivity contribution < 1.29 is 17.6 Å². The van der Waals surface area contributed by atoms with Gasteiger partial charge in [0.05, 0.1) is 15.9 Å². The zero-order chi connectivity index (χ0) is 23.2. The van der Waals surface area contributed by atoms with Crippen molar-refractivity contribution in [3.05, 3.63) is 71.7 Å². The number of anilines is 2. The van der Waals surface area contributed by atoms with Crippen LogP contribution in [-0.2, 0) is 10.0 Å². The molecule has 1 fully saturated rings. The summed E-state index contributed by atoms with van der Waals surface area (Å²) < 4.78 is 34.3. The molecule has 0 saturated carbocycles. The smallest absolute Gasteiger partial charge is 0.300 e. The van der Waals surface area contributed by atoms with Crippen molar-refractivity contribution >= 4 is 48.3 Å². The van der Waals surface area contributed by atoms with Gasteiger partial charge in [-0.25, -0.2) is 18.3 Å². The Bertz CT molecular complexity index is 1420. The number of hydrogen-bond donors (Lipinski definition) is 0. The summed E-state index contributed by atoms with van der Waals surface area (Å²) in [7, 11) is -3.71. The third-order valence-corrected chi connectivity index (χ3v) is 8.83. The first-order valence-corrected chi connectivity index (χ1v) is 13.0. The van der Waals surface area contributed by atoms with E-state index in [9.17, 15) is 13.2 Å². The summed E-state index contributed by atoms with van der Waals surface area (Å²) in [5.74, 6) is -0.290. The van der Waals surface area contributed by atoms with Gasteiger partial charge in [-0.15, -0.1) is 0 Å². The number of carbonyl (C=O) groups is 1. The lowest BCUT2D eigenvalue weighted by Gasteiger charge is -2.20. The maximum atomic E-state index is 13.8.